The summed E-state index contributed by atoms with van der Waals surface area (Å²) in [5, 5.41) is 17.9. The molecule has 7 nitrogen and oxygen atoms in total. The highest BCUT2D eigenvalue weighted by Crippen LogP contribution is 2.41. The molecule has 3 aromatic heterocycles. The van der Waals surface area contributed by atoms with E-state index in [9.17, 15) is 4.79 Å². The van der Waals surface area contributed by atoms with Crippen LogP contribution in [-0.2, 0) is 4.79 Å². The lowest BCUT2D eigenvalue weighted by atomic mass is 10.4. The average Bonchev–Trinajstić information content (AvgIpc) is 2.98. The van der Waals surface area contributed by atoms with E-state index in [1.54, 1.807) is 24.3 Å². The summed E-state index contributed by atoms with van der Waals surface area (Å²) in [7, 11) is 0. The van der Waals surface area contributed by atoms with Crippen LogP contribution < -0.4 is 5.32 Å². The van der Waals surface area contributed by atoms with Crippen LogP contribution in [0.15, 0.2) is 33.3 Å². The summed E-state index contributed by atoms with van der Waals surface area (Å²) in [6.07, 6.45) is 2.27. The van der Waals surface area contributed by atoms with Crippen LogP contribution in [0.1, 0.15) is 24.6 Å². The van der Waals surface area contributed by atoms with Crippen LogP contribution in [0.4, 0.5) is 5.82 Å². The molecule has 0 bridgehead atoms. The van der Waals surface area contributed by atoms with Gasteiger partial charge >= 0.3 is 0 Å². The van der Waals surface area contributed by atoms with E-state index in [1.807, 2.05) is 17.5 Å². The molecule has 4 rings (SSSR count). The number of aryl methyl sites for hydroxylation is 1. The van der Waals surface area contributed by atoms with E-state index in [1.165, 1.54) is 11.8 Å². The number of hydrogen-bond acceptors (Lipinski definition) is 7. The van der Waals surface area contributed by atoms with Crippen LogP contribution in [0.5, 0.6) is 0 Å². The number of thiophene rings is 1. The van der Waals surface area contributed by atoms with E-state index in [0.717, 1.165) is 28.7 Å². The first-order chi connectivity index (χ1) is 11.7. The van der Waals surface area contributed by atoms with Crippen LogP contribution in [0, 0.1) is 6.92 Å². The molecule has 3 aromatic rings. The summed E-state index contributed by atoms with van der Waals surface area (Å²) in [6, 6.07) is 6.18. The number of rotatable bonds is 6. The molecule has 24 heavy (non-hydrogen) atoms. The first-order valence-electron chi connectivity index (χ1n) is 7.55. The Morgan fingerprint density at radius 3 is 3.04 bits per heavy atom. The van der Waals surface area contributed by atoms with Gasteiger partial charge in [-0.15, -0.1) is 21.5 Å². The molecule has 3 heterocycles. The topological polar surface area (TPSA) is 85.8 Å². The zero-order valence-electron chi connectivity index (χ0n) is 12.9. The van der Waals surface area contributed by atoms with Gasteiger partial charge in [0.15, 0.2) is 16.8 Å². The van der Waals surface area contributed by atoms with Gasteiger partial charge in [-0.1, -0.05) is 23.0 Å². The van der Waals surface area contributed by atoms with Crippen molar-refractivity contribution in [1.82, 2.24) is 19.9 Å². The highest BCUT2D eigenvalue weighted by Gasteiger charge is 2.30. The van der Waals surface area contributed by atoms with E-state index in [0.29, 0.717) is 17.6 Å². The molecule has 1 fully saturated rings. The number of amides is 1. The number of nitrogens with zero attached hydrogens (tertiary/aromatic N) is 4. The minimum atomic E-state index is -0.142. The van der Waals surface area contributed by atoms with Crippen LogP contribution >= 0.6 is 23.1 Å². The van der Waals surface area contributed by atoms with Crippen molar-refractivity contribution in [1.29, 1.82) is 0 Å². The Labute approximate surface area is 146 Å². The molecule has 9 heteroatoms. The molecule has 0 radical (unpaired) electrons. The first-order valence-corrected chi connectivity index (χ1v) is 9.42. The van der Waals surface area contributed by atoms with Crippen molar-refractivity contribution in [2.45, 2.75) is 31.0 Å². The summed E-state index contributed by atoms with van der Waals surface area (Å²) in [6.45, 7) is 1.78. The van der Waals surface area contributed by atoms with Gasteiger partial charge in [-0.25, -0.2) is 0 Å². The van der Waals surface area contributed by atoms with Gasteiger partial charge in [0.25, 0.3) is 0 Å². The SMILES string of the molecule is Cc1cc(NC(=O)CSc2nnc(-c3cccs3)n2C2CC2)no1. The van der Waals surface area contributed by atoms with Crippen LogP contribution in [0.25, 0.3) is 10.7 Å². The molecule has 0 aromatic carbocycles. The fourth-order valence-electron chi connectivity index (χ4n) is 2.35. The van der Waals surface area contributed by atoms with Gasteiger partial charge in [0.2, 0.25) is 5.91 Å². The van der Waals surface area contributed by atoms with Gasteiger partial charge in [-0.3, -0.25) is 9.36 Å². The van der Waals surface area contributed by atoms with Gasteiger partial charge in [-0.2, -0.15) is 0 Å². The molecule has 1 amide bonds. The second kappa shape index (κ2) is 6.40. The lowest BCUT2D eigenvalue weighted by Crippen LogP contribution is -2.14. The van der Waals surface area contributed by atoms with Crippen molar-refractivity contribution in [3.05, 3.63) is 29.3 Å². The minimum absolute atomic E-state index is 0.142. The third-order valence-electron chi connectivity index (χ3n) is 3.55. The van der Waals surface area contributed by atoms with Crippen molar-refractivity contribution in [3.63, 3.8) is 0 Å². The molecule has 0 atom stereocenters. The molecule has 124 valence electrons. The fourth-order valence-corrected chi connectivity index (χ4v) is 3.86. The van der Waals surface area contributed by atoms with E-state index in [4.69, 9.17) is 4.52 Å². The van der Waals surface area contributed by atoms with Crippen LogP contribution in [0.3, 0.4) is 0 Å². The molecule has 0 saturated heterocycles. The van der Waals surface area contributed by atoms with Crippen molar-refractivity contribution >= 4 is 34.8 Å². The minimum Gasteiger partial charge on any atom is -0.360 e. The van der Waals surface area contributed by atoms with Crippen LogP contribution in [-0.4, -0.2) is 31.6 Å². The molecule has 1 aliphatic rings. The van der Waals surface area contributed by atoms with Gasteiger partial charge < -0.3 is 9.84 Å². The van der Waals surface area contributed by atoms with E-state index >= 15 is 0 Å². The highest BCUT2D eigenvalue weighted by molar-refractivity contribution is 7.99. The van der Waals surface area contributed by atoms with Crippen molar-refractivity contribution in [2.75, 3.05) is 11.1 Å². The van der Waals surface area contributed by atoms with E-state index in [2.05, 4.69) is 25.2 Å². The fraction of sp³-hybridized carbons (Fsp3) is 0.333. The number of thioether (sulfide) groups is 1. The Morgan fingerprint density at radius 2 is 2.38 bits per heavy atom. The monoisotopic (exact) mass is 361 g/mol. The molecular formula is C15H15N5O2S2. The lowest BCUT2D eigenvalue weighted by Gasteiger charge is -2.07. The third-order valence-corrected chi connectivity index (χ3v) is 5.35. The maximum absolute atomic E-state index is 12.1. The van der Waals surface area contributed by atoms with Crippen molar-refractivity contribution in [2.24, 2.45) is 0 Å². The van der Waals surface area contributed by atoms with Gasteiger partial charge in [0, 0.05) is 12.1 Å². The predicted octanol–water partition coefficient (Wildman–Crippen LogP) is 3.37. The van der Waals surface area contributed by atoms with Gasteiger partial charge in [0.1, 0.15) is 5.76 Å². The number of carbonyl (C=O) groups excluding carboxylic acids is 1. The summed E-state index contributed by atoms with van der Waals surface area (Å²) >= 11 is 3.04. The van der Waals surface area contributed by atoms with E-state index < -0.39 is 0 Å². The average molecular weight is 361 g/mol. The Balaban J connectivity index is 1.46. The summed E-state index contributed by atoms with van der Waals surface area (Å²) in [4.78, 5) is 13.2. The first kappa shape index (κ1) is 15.4. The number of anilines is 1. The molecule has 0 aliphatic heterocycles. The number of aromatic nitrogens is 4. The van der Waals surface area contributed by atoms with E-state index in [-0.39, 0.29) is 11.7 Å². The van der Waals surface area contributed by atoms with Gasteiger partial charge in [-0.05, 0) is 31.2 Å². The smallest absolute Gasteiger partial charge is 0.236 e. The van der Waals surface area contributed by atoms with Crippen molar-refractivity contribution < 1.29 is 9.32 Å². The normalized spacial score (nSPS) is 14.0. The Kier molecular flexibility index (Phi) is 4.11. The maximum Gasteiger partial charge on any atom is 0.236 e. The van der Waals surface area contributed by atoms with Crippen molar-refractivity contribution in [3.8, 4) is 10.7 Å². The Morgan fingerprint density at radius 1 is 1.50 bits per heavy atom. The standard InChI is InChI=1S/C15H15N5O2S2/c1-9-7-12(19-22-9)16-13(21)8-24-15-18-17-14(11-3-2-6-23-11)20(15)10-4-5-10/h2-3,6-7,10H,4-5,8H2,1H3,(H,16,19,21). The predicted molar refractivity (Wildman–Crippen MR) is 92.2 cm³/mol. The molecule has 0 spiro atoms. The lowest BCUT2D eigenvalue weighted by molar-refractivity contribution is -0.113. The maximum atomic E-state index is 12.1. The Bertz CT molecular complexity index is 851. The number of carbonyl (C=O) groups is 1. The molecule has 0 unspecified atom stereocenters. The number of nitrogens with one attached hydrogen (secondary N) is 1. The zero-order chi connectivity index (χ0) is 16.5. The zero-order valence-corrected chi connectivity index (χ0v) is 14.6. The number of hydrogen-bond donors (Lipinski definition) is 1. The summed E-state index contributed by atoms with van der Waals surface area (Å²) in [5.41, 5.74) is 0. The summed E-state index contributed by atoms with van der Waals surface area (Å²) in [5.74, 6) is 2.09. The quantitative estimate of drug-likeness (QED) is 0.678. The highest BCUT2D eigenvalue weighted by atomic mass is 32.2. The second-order valence-electron chi connectivity index (χ2n) is 5.54. The Hall–Kier alpha value is -2.13. The van der Waals surface area contributed by atoms with Crippen LogP contribution in [0.2, 0.25) is 0 Å². The molecule has 1 N–H and O–H groups in total. The van der Waals surface area contributed by atoms with Gasteiger partial charge in [0.05, 0.1) is 10.6 Å². The third kappa shape index (κ3) is 3.22. The second-order valence-corrected chi connectivity index (χ2v) is 7.43. The molecule has 1 saturated carbocycles. The largest absolute Gasteiger partial charge is 0.360 e. The molecular weight excluding hydrogens is 346 g/mol. The summed E-state index contributed by atoms with van der Waals surface area (Å²) < 4.78 is 7.09. The molecule has 1 aliphatic carbocycles.